The highest BCUT2D eigenvalue weighted by Crippen LogP contribution is 2.36. The Morgan fingerprint density at radius 2 is 1.71 bits per heavy atom. The maximum atomic E-state index is 13.6. The van der Waals surface area contributed by atoms with E-state index in [9.17, 15) is 22.8 Å². The Labute approximate surface area is 194 Å². The van der Waals surface area contributed by atoms with E-state index in [1.165, 1.54) is 11.1 Å². The van der Waals surface area contributed by atoms with E-state index in [0.29, 0.717) is 28.9 Å². The van der Waals surface area contributed by atoms with Gasteiger partial charge in [0.05, 0.1) is 12.2 Å². The van der Waals surface area contributed by atoms with Crippen molar-refractivity contribution in [3.63, 3.8) is 0 Å². The lowest BCUT2D eigenvalue weighted by atomic mass is 10.1. The smallest absolute Gasteiger partial charge is 0.345 e. The molecule has 1 aliphatic heterocycles. The number of hydrogen-bond donors (Lipinski definition) is 1. The topological polar surface area (TPSA) is 78.4 Å². The Hall–Kier alpha value is -3.95. The van der Waals surface area contributed by atoms with Crippen molar-refractivity contribution in [2.24, 2.45) is 0 Å². The summed E-state index contributed by atoms with van der Waals surface area (Å²) in [6.45, 7) is 2.54. The molecule has 0 atom stereocenters. The molecule has 0 aliphatic carbocycles. The Morgan fingerprint density at radius 1 is 1.06 bits per heavy atom. The summed E-state index contributed by atoms with van der Waals surface area (Å²) in [4.78, 5) is 36.7. The maximum absolute atomic E-state index is 13.6. The third-order valence-electron chi connectivity index (χ3n) is 5.37. The van der Waals surface area contributed by atoms with Gasteiger partial charge in [0.25, 0.3) is 0 Å². The molecule has 0 saturated heterocycles. The third-order valence-corrected chi connectivity index (χ3v) is 5.37. The molecule has 3 aromatic rings. The van der Waals surface area contributed by atoms with Gasteiger partial charge in [-0.25, -0.2) is 14.7 Å². The zero-order valence-corrected chi connectivity index (χ0v) is 18.6. The first-order chi connectivity index (χ1) is 16.2. The van der Waals surface area contributed by atoms with E-state index in [0.717, 1.165) is 5.56 Å². The van der Waals surface area contributed by atoms with Crippen molar-refractivity contribution in [3.8, 4) is 0 Å². The van der Waals surface area contributed by atoms with Crippen LogP contribution in [0.1, 0.15) is 34.8 Å². The van der Waals surface area contributed by atoms with Crippen LogP contribution in [-0.2, 0) is 6.54 Å². The van der Waals surface area contributed by atoms with Crippen LogP contribution < -0.4 is 15.1 Å². The molecular weight excluding hydrogens is 447 g/mol. The Balaban J connectivity index is 1.76. The summed E-state index contributed by atoms with van der Waals surface area (Å²) in [5.41, 5.74) is 3.18. The minimum absolute atomic E-state index is 0.0424. The summed E-state index contributed by atoms with van der Waals surface area (Å²) < 4.78 is 38.0. The highest BCUT2D eigenvalue weighted by Gasteiger charge is 2.35. The minimum Gasteiger partial charge on any atom is -0.345 e. The summed E-state index contributed by atoms with van der Waals surface area (Å²) in [6, 6.07) is 13.4. The van der Waals surface area contributed by atoms with Crippen LogP contribution in [0.3, 0.4) is 0 Å². The normalized spacial score (nSPS) is 13.6. The number of anilines is 4. The number of fused-ring (bicyclic) bond motifs is 1. The number of ketones is 1. The van der Waals surface area contributed by atoms with Crippen LogP contribution in [0.25, 0.3) is 0 Å². The monoisotopic (exact) mass is 469 g/mol. The number of halogens is 3. The molecule has 0 spiro atoms. The van der Waals surface area contributed by atoms with E-state index in [2.05, 4.69) is 15.3 Å². The van der Waals surface area contributed by atoms with E-state index < -0.39 is 18.8 Å². The first-order valence-electron chi connectivity index (χ1n) is 10.6. The van der Waals surface area contributed by atoms with E-state index in [-0.39, 0.29) is 24.1 Å². The standard InChI is InChI=1S/C24H22F3N5O2/c1-3-20(33)16-6-10-19(11-7-16)32-21-17(12-28-22(30-21)29-14-24(25,26)27)13-31(23(32)34)18-8-4-15(2)5-9-18/h4-12H,3,13-14H2,1-2H3,(H,28,29,30). The number of benzene rings is 2. The summed E-state index contributed by atoms with van der Waals surface area (Å²) in [5, 5.41) is 2.16. The largest absolute Gasteiger partial charge is 0.405 e. The third kappa shape index (κ3) is 4.85. The van der Waals surface area contributed by atoms with Crippen molar-refractivity contribution in [2.75, 3.05) is 21.7 Å². The highest BCUT2D eigenvalue weighted by atomic mass is 19.4. The van der Waals surface area contributed by atoms with E-state index >= 15 is 0 Å². The predicted octanol–water partition coefficient (Wildman–Crippen LogP) is 5.63. The van der Waals surface area contributed by atoms with Crippen molar-refractivity contribution in [1.82, 2.24) is 9.97 Å². The lowest BCUT2D eigenvalue weighted by Gasteiger charge is -2.36. The van der Waals surface area contributed by atoms with Crippen LogP contribution in [0.4, 0.5) is 41.1 Å². The summed E-state index contributed by atoms with van der Waals surface area (Å²) >= 11 is 0. The van der Waals surface area contributed by atoms with Gasteiger partial charge in [-0.1, -0.05) is 24.6 Å². The van der Waals surface area contributed by atoms with E-state index in [1.54, 1.807) is 36.1 Å². The van der Waals surface area contributed by atoms with Crippen LogP contribution >= 0.6 is 0 Å². The molecule has 4 rings (SSSR count). The molecule has 2 aromatic carbocycles. The number of aromatic nitrogens is 2. The molecule has 0 radical (unpaired) electrons. The molecule has 0 bridgehead atoms. The van der Waals surface area contributed by atoms with Gasteiger partial charge in [0.15, 0.2) is 11.6 Å². The Morgan fingerprint density at radius 3 is 2.32 bits per heavy atom. The minimum atomic E-state index is -4.45. The average Bonchev–Trinajstić information content (AvgIpc) is 2.82. The first-order valence-corrected chi connectivity index (χ1v) is 10.6. The van der Waals surface area contributed by atoms with Gasteiger partial charge in [-0.2, -0.15) is 18.2 Å². The number of carbonyl (C=O) groups is 2. The molecule has 1 N–H and O–H groups in total. The van der Waals surface area contributed by atoms with E-state index in [4.69, 9.17) is 0 Å². The number of Topliss-reactive ketones (excluding diaryl/α,β-unsaturated/α-hetero) is 1. The fourth-order valence-electron chi connectivity index (χ4n) is 3.58. The number of carbonyl (C=O) groups excluding carboxylic acids is 2. The molecule has 10 heteroatoms. The zero-order valence-electron chi connectivity index (χ0n) is 18.6. The molecule has 1 aliphatic rings. The number of aryl methyl sites for hydroxylation is 1. The highest BCUT2D eigenvalue weighted by molar-refractivity contribution is 6.10. The van der Waals surface area contributed by atoms with Gasteiger partial charge in [0.1, 0.15) is 6.54 Å². The number of urea groups is 1. The van der Waals surface area contributed by atoms with Gasteiger partial charge in [-0.15, -0.1) is 0 Å². The summed E-state index contributed by atoms with van der Waals surface area (Å²) in [5.74, 6) is -0.0998. The zero-order chi connectivity index (χ0) is 24.5. The van der Waals surface area contributed by atoms with Gasteiger partial charge in [-0.05, 0) is 43.3 Å². The predicted molar refractivity (Wildman–Crippen MR) is 123 cm³/mol. The SMILES string of the molecule is CCC(=O)c1ccc(N2C(=O)N(c3ccc(C)cc3)Cc3cnc(NCC(F)(F)F)nc32)cc1. The molecule has 0 saturated carbocycles. The molecule has 0 fully saturated rings. The lowest BCUT2D eigenvalue weighted by molar-refractivity contribution is -0.115. The van der Waals surface area contributed by atoms with Crippen LogP contribution in [-0.4, -0.2) is 34.5 Å². The molecule has 2 heterocycles. The van der Waals surface area contributed by atoms with Crippen LogP contribution in [0.5, 0.6) is 0 Å². The molecule has 34 heavy (non-hydrogen) atoms. The van der Waals surface area contributed by atoms with Crippen molar-refractivity contribution >= 4 is 35.0 Å². The first kappa shape index (κ1) is 23.2. The second-order valence-corrected chi connectivity index (χ2v) is 7.87. The van der Waals surface area contributed by atoms with Crippen molar-refractivity contribution < 1.29 is 22.8 Å². The lowest BCUT2D eigenvalue weighted by Crippen LogP contribution is -2.45. The Bertz CT molecular complexity index is 1210. The molecule has 1 aromatic heterocycles. The number of amides is 2. The molecule has 176 valence electrons. The number of nitrogens with zero attached hydrogens (tertiary/aromatic N) is 4. The van der Waals surface area contributed by atoms with Gasteiger partial charge >= 0.3 is 12.2 Å². The summed E-state index contributed by atoms with van der Waals surface area (Å²) in [7, 11) is 0. The Kier molecular flexibility index (Phi) is 6.23. The number of rotatable bonds is 6. The number of nitrogens with one attached hydrogen (secondary N) is 1. The van der Waals surface area contributed by atoms with Crippen LogP contribution in [0.15, 0.2) is 54.7 Å². The van der Waals surface area contributed by atoms with Crippen LogP contribution in [0.2, 0.25) is 0 Å². The van der Waals surface area contributed by atoms with Gasteiger partial charge in [-0.3, -0.25) is 9.69 Å². The molecular formula is C24H22F3N5O2. The summed E-state index contributed by atoms with van der Waals surface area (Å²) in [6.07, 6.45) is -2.69. The second kappa shape index (κ2) is 9.12. The van der Waals surface area contributed by atoms with Gasteiger partial charge < -0.3 is 5.32 Å². The van der Waals surface area contributed by atoms with E-state index in [1.807, 2.05) is 31.2 Å². The van der Waals surface area contributed by atoms with Crippen molar-refractivity contribution in [1.29, 1.82) is 0 Å². The molecule has 2 amide bonds. The fraction of sp³-hybridized carbons (Fsp3) is 0.250. The average molecular weight is 469 g/mol. The quantitative estimate of drug-likeness (QED) is 0.474. The van der Waals surface area contributed by atoms with Gasteiger partial charge in [0, 0.05) is 29.4 Å². The van der Waals surface area contributed by atoms with Crippen LogP contribution in [0, 0.1) is 6.92 Å². The molecule has 7 nitrogen and oxygen atoms in total. The number of alkyl halides is 3. The fourth-order valence-corrected chi connectivity index (χ4v) is 3.58. The second-order valence-electron chi connectivity index (χ2n) is 7.87. The molecule has 0 unspecified atom stereocenters. The number of hydrogen-bond acceptors (Lipinski definition) is 5. The maximum Gasteiger partial charge on any atom is 0.405 e. The van der Waals surface area contributed by atoms with Crippen molar-refractivity contribution in [2.45, 2.75) is 33.0 Å². The van der Waals surface area contributed by atoms with Crippen molar-refractivity contribution in [3.05, 3.63) is 71.4 Å². The van der Waals surface area contributed by atoms with Gasteiger partial charge in [0.2, 0.25) is 5.95 Å².